The molecule has 1 saturated carbocycles. The SMILES string of the molecule is Nc1nsc(NCc2ccc(Br)cc2)c1C(=O)NC1CC1. The fourth-order valence-electron chi connectivity index (χ4n) is 1.91. The number of rotatable bonds is 5. The van der Waals surface area contributed by atoms with E-state index in [9.17, 15) is 4.79 Å². The van der Waals surface area contributed by atoms with E-state index in [0.717, 1.165) is 22.9 Å². The zero-order valence-electron chi connectivity index (χ0n) is 11.2. The van der Waals surface area contributed by atoms with Gasteiger partial charge in [-0.2, -0.15) is 4.37 Å². The van der Waals surface area contributed by atoms with Crippen LogP contribution in [0.3, 0.4) is 0 Å². The van der Waals surface area contributed by atoms with Crippen molar-refractivity contribution in [2.75, 3.05) is 11.1 Å². The molecule has 0 bridgehead atoms. The molecule has 0 spiro atoms. The lowest BCUT2D eigenvalue weighted by Crippen LogP contribution is -2.26. The molecule has 1 aromatic heterocycles. The van der Waals surface area contributed by atoms with Gasteiger partial charge in [0.05, 0.1) is 0 Å². The van der Waals surface area contributed by atoms with Crippen LogP contribution in [-0.4, -0.2) is 16.3 Å². The summed E-state index contributed by atoms with van der Waals surface area (Å²) in [4.78, 5) is 12.2. The molecule has 0 aliphatic heterocycles. The van der Waals surface area contributed by atoms with Crippen LogP contribution in [0.1, 0.15) is 28.8 Å². The second-order valence-corrected chi connectivity index (χ2v) is 6.69. The molecule has 4 N–H and O–H groups in total. The molecule has 0 saturated heterocycles. The van der Waals surface area contributed by atoms with Crippen LogP contribution in [0, 0.1) is 0 Å². The first-order chi connectivity index (χ1) is 10.1. The molecule has 110 valence electrons. The summed E-state index contributed by atoms with van der Waals surface area (Å²) in [5, 5.41) is 6.91. The molecule has 7 heteroatoms. The average molecular weight is 367 g/mol. The van der Waals surface area contributed by atoms with Gasteiger partial charge in [-0.3, -0.25) is 4.79 Å². The molecule has 0 radical (unpaired) electrons. The summed E-state index contributed by atoms with van der Waals surface area (Å²) in [5.74, 6) is 0.151. The molecule has 0 unspecified atom stereocenters. The molecule has 21 heavy (non-hydrogen) atoms. The van der Waals surface area contributed by atoms with Gasteiger partial charge in [0.2, 0.25) is 0 Å². The molecule has 0 atom stereocenters. The Bertz CT molecular complexity index is 651. The van der Waals surface area contributed by atoms with Crippen molar-refractivity contribution in [3.63, 3.8) is 0 Å². The average Bonchev–Trinajstić information content (AvgIpc) is 3.19. The van der Waals surface area contributed by atoms with Gasteiger partial charge in [-0.25, -0.2) is 0 Å². The maximum Gasteiger partial charge on any atom is 0.258 e. The number of carbonyl (C=O) groups is 1. The van der Waals surface area contributed by atoms with Crippen LogP contribution >= 0.6 is 27.5 Å². The summed E-state index contributed by atoms with van der Waals surface area (Å²) in [6.45, 7) is 0.624. The minimum atomic E-state index is -0.137. The van der Waals surface area contributed by atoms with Crippen molar-refractivity contribution in [1.29, 1.82) is 0 Å². The Labute approximate surface area is 135 Å². The highest BCUT2D eigenvalue weighted by Crippen LogP contribution is 2.29. The maximum atomic E-state index is 12.2. The molecule has 1 fully saturated rings. The molecule has 1 aromatic carbocycles. The van der Waals surface area contributed by atoms with Gasteiger partial charge in [0.15, 0.2) is 5.82 Å². The van der Waals surface area contributed by atoms with E-state index in [1.807, 2.05) is 24.3 Å². The van der Waals surface area contributed by atoms with E-state index in [2.05, 4.69) is 30.9 Å². The predicted octanol–water partition coefficient (Wildman–Crippen LogP) is 2.99. The Morgan fingerprint density at radius 1 is 1.38 bits per heavy atom. The van der Waals surface area contributed by atoms with Crippen LogP contribution in [0.5, 0.6) is 0 Å². The zero-order valence-corrected chi connectivity index (χ0v) is 13.6. The molecule has 1 amide bonds. The smallest absolute Gasteiger partial charge is 0.258 e. The molecule has 5 nitrogen and oxygen atoms in total. The van der Waals surface area contributed by atoms with Crippen LogP contribution in [-0.2, 0) is 6.54 Å². The van der Waals surface area contributed by atoms with E-state index in [1.165, 1.54) is 11.5 Å². The molecule has 1 heterocycles. The number of halogens is 1. The Kier molecular flexibility index (Phi) is 4.12. The van der Waals surface area contributed by atoms with Crippen molar-refractivity contribution >= 4 is 44.2 Å². The van der Waals surface area contributed by atoms with Crippen molar-refractivity contribution in [3.8, 4) is 0 Å². The Morgan fingerprint density at radius 2 is 2.10 bits per heavy atom. The fraction of sp³-hybridized carbons (Fsp3) is 0.286. The number of aromatic nitrogens is 1. The van der Waals surface area contributed by atoms with Crippen molar-refractivity contribution in [3.05, 3.63) is 39.9 Å². The number of carbonyl (C=O) groups excluding carboxylic acids is 1. The van der Waals surface area contributed by atoms with E-state index in [4.69, 9.17) is 5.73 Å². The highest BCUT2D eigenvalue weighted by molar-refractivity contribution is 9.10. The molecule has 1 aliphatic carbocycles. The number of nitrogens with one attached hydrogen (secondary N) is 2. The summed E-state index contributed by atoms with van der Waals surface area (Å²) in [5.41, 5.74) is 7.41. The molecule has 1 aliphatic rings. The van der Waals surface area contributed by atoms with Gasteiger partial charge >= 0.3 is 0 Å². The van der Waals surface area contributed by atoms with Crippen LogP contribution in [0.25, 0.3) is 0 Å². The van der Waals surface area contributed by atoms with Crippen LogP contribution in [0.4, 0.5) is 10.8 Å². The van der Waals surface area contributed by atoms with Crippen molar-refractivity contribution in [2.45, 2.75) is 25.4 Å². The standard InChI is InChI=1S/C14H15BrN4OS/c15-9-3-1-8(2-4-9)7-17-14-11(12(16)19-21-14)13(20)18-10-5-6-10/h1-4,10,17H,5-7H2,(H2,16,19)(H,18,20). The second kappa shape index (κ2) is 6.03. The van der Waals surface area contributed by atoms with Crippen molar-refractivity contribution in [1.82, 2.24) is 9.69 Å². The van der Waals surface area contributed by atoms with E-state index < -0.39 is 0 Å². The van der Waals surface area contributed by atoms with Crippen molar-refractivity contribution in [2.24, 2.45) is 0 Å². The number of nitrogens with two attached hydrogens (primary N) is 1. The lowest BCUT2D eigenvalue weighted by molar-refractivity contribution is 0.0953. The number of nitrogen functional groups attached to an aromatic ring is 1. The molecular formula is C14H15BrN4OS. The summed E-state index contributed by atoms with van der Waals surface area (Å²) in [6, 6.07) is 8.31. The lowest BCUT2D eigenvalue weighted by atomic mass is 10.2. The van der Waals surface area contributed by atoms with Gasteiger partial charge in [0.25, 0.3) is 5.91 Å². The zero-order chi connectivity index (χ0) is 14.8. The third-order valence-corrected chi connectivity index (χ3v) is 4.57. The van der Waals surface area contributed by atoms with Crippen LogP contribution < -0.4 is 16.4 Å². The van der Waals surface area contributed by atoms with Gasteiger partial charge in [0.1, 0.15) is 10.6 Å². The Morgan fingerprint density at radius 3 is 2.76 bits per heavy atom. The predicted molar refractivity (Wildman–Crippen MR) is 88.5 cm³/mol. The quantitative estimate of drug-likeness (QED) is 0.759. The molecule has 3 rings (SSSR count). The fourth-order valence-corrected chi connectivity index (χ4v) is 2.88. The highest BCUT2D eigenvalue weighted by Gasteiger charge is 2.27. The largest absolute Gasteiger partial charge is 0.382 e. The van der Waals surface area contributed by atoms with E-state index in [1.54, 1.807) is 0 Å². The van der Waals surface area contributed by atoms with Gasteiger partial charge in [-0.1, -0.05) is 28.1 Å². The Balaban J connectivity index is 1.70. The third kappa shape index (κ3) is 3.54. The highest BCUT2D eigenvalue weighted by atomic mass is 79.9. The summed E-state index contributed by atoms with van der Waals surface area (Å²) in [6.07, 6.45) is 2.09. The van der Waals surface area contributed by atoms with E-state index in [0.29, 0.717) is 23.2 Å². The number of hydrogen-bond acceptors (Lipinski definition) is 5. The summed E-state index contributed by atoms with van der Waals surface area (Å²) < 4.78 is 5.12. The number of benzene rings is 1. The Hall–Kier alpha value is -1.60. The van der Waals surface area contributed by atoms with E-state index in [-0.39, 0.29) is 11.7 Å². The molecule has 2 aromatic rings. The second-order valence-electron chi connectivity index (χ2n) is 5.00. The van der Waals surface area contributed by atoms with Gasteiger partial charge < -0.3 is 16.4 Å². The number of nitrogens with zero attached hydrogens (tertiary/aromatic N) is 1. The summed E-state index contributed by atoms with van der Waals surface area (Å²) in [7, 11) is 0. The number of anilines is 2. The van der Waals surface area contributed by atoms with Crippen molar-refractivity contribution < 1.29 is 4.79 Å². The minimum Gasteiger partial charge on any atom is -0.382 e. The first kappa shape index (κ1) is 14.3. The minimum absolute atomic E-state index is 0.137. The third-order valence-electron chi connectivity index (χ3n) is 3.22. The lowest BCUT2D eigenvalue weighted by Gasteiger charge is -2.08. The monoisotopic (exact) mass is 366 g/mol. The summed E-state index contributed by atoms with van der Waals surface area (Å²) >= 11 is 4.62. The van der Waals surface area contributed by atoms with Crippen LogP contribution in [0.2, 0.25) is 0 Å². The normalized spacial score (nSPS) is 14.0. The first-order valence-electron chi connectivity index (χ1n) is 6.68. The molecular weight excluding hydrogens is 352 g/mol. The topological polar surface area (TPSA) is 80.0 Å². The van der Waals surface area contributed by atoms with Gasteiger partial charge in [-0.15, -0.1) is 0 Å². The van der Waals surface area contributed by atoms with Gasteiger partial charge in [-0.05, 0) is 42.1 Å². The maximum absolute atomic E-state index is 12.2. The van der Waals surface area contributed by atoms with Gasteiger partial charge in [0, 0.05) is 17.1 Å². The van der Waals surface area contributed by atoms with E-state index >= 15 is 0 Å². The first-order valence-corrected chi connectivity index (χ1v) is 8.24. The number of amides is 1. The number of hydrogen-bond donors (Lipinski definition) is 3. The van der Waals surface area contributed by atoms with Crippen LogP contribution in [0.15, 0.2) is 28.7 Å².